The van der Waals surface area contributed by atoms with Crippen LogP contribution in [-0.4, -0.2) is 26.1 Å². The smallest absolute Gasteiger partial charge is 0.235 e. The van der Waals surface area contributed by atoms with Gasteiger partial charge in [0.25, 0.3) is 0 Å². The number of nitrogens with zero attached hydrogens (tertiary/aromatic N) is 3. The van der Waals surface area contributed by atoms with Crippen molar-refractivity contribution in [3.05, 3.63) is 28.8 Å². The monoisotopic (exact) mass is 270 g/mol. The molecule has 0 amide bonds. The average molecular weight is 271 g/mol. The lowest BCUT2D eigenvalue weighted by Gasteiger charge is -2.09. The van der Waals surface area contributed by atoms with E-state index in [2.05, 4.69) is 25.9 Å². The van der Waals surface area contributed by atoms with E-state index in [1.165, 1.54) is 0 Å². The van der Waals surface area contributed by atoms with Gasteiger partial charge in [-0.2, -0.15) is 0 Å². The molecule has 0 aliphatic rings. The van der Waals surface area contributed by atoms with E-state index < -0.39 is 0 Å². The van der Waals surface area contributed by atoms with E-state index >= 15 is 0 Å². The van der Waals surface area contributed by atoms with E-state index in [0.717, 1.165) is 5.69 Å². The normalized spacial score (nSPS) is 13.3. The molecule has 0 radical (unpaired) electrons. The number of aliphatic hydroxyl groups excluding tert-OH is 1. The van der Waals surface area contributed by atoms with Gasteiger partial charge >= 0.3 is 0 Å². The Morgan fingerprint density at radius 2 is 2.40 bits per heavy atom. The van der Waals surface area contributed by atoms with Gasteiger partial charge in [0, 0.05) is 19.0 Å². The van der Waals surface area contributed by atoms with Gasteiger partial charge < -0.3 is 10.8 Å². The molecule has 5 nitrogen and oxygen atoms in total. The number of hydrogen-bond acceptors (Lipinski definition) is 4. The summed E-state index contributed by atoms with van der Waals surface area (Å²) in [5, 5.41) is 8.86. The first kappa shape index (κ1) is 10.5. The zero-order valence-corrected chi connectivity index (χ0v) is 9.55. The average Bonchev–Trinajstić information content (AvgIpc) is 2.54. The highest BCUT2D eigenvalue weighted by Crippen LogP contribution is 2.23. The summed E-state index contributed by atoms with van der Waals surface area (Å²) in [7, 11) is 0. The molecule has 0 fully saturated rings. The van der Waals surface area contributed by atoms with E-state index in [0.29, 0.717) is 16.8 Å². The Balaban J connectivity index is 2.53. The van der Waals surface area contributed by atoms with Crippen molar-refractivity contribution >= 4 is 21.7 Å². The van der Waals surface area contributed by atoms with Crippen molar-refractivity contribution in [3.63, 3.8) is 0 Å². The number of hydrogen-bond donors (Lipinski definition) is 2. The molecule has 2 aromatic heterocycles. The summed E-state index contributed by atoms with van der Waals surface area (Å²) in [6.45, 7) is 0.0566. The molecule has 80 valence electrons. The van der Waals surface area contributed by atoms with Gasteiger partial charge in [-0.25, -0.2) is 9.97 Å². The zero-order chi connectivity index (χ0) is 10.8. The zero-order valence-electron chi connectivity index (χ0n) is 7.97. The summed E-state index contributed by atoms with van der Waals surface area (Å²) in [4.78, 5) is 8.33. The van der Waals surface area contributed by atoms with Crippen LogP contribution in [0.1, 0.15) is 18.2 Å². The summed E-state index contributed by atoms with van der Waals surface area (Å²) in [5.41, 5.74) is 6.78. The first-order valence-corrected chi connectivity index (χ1v) is 5.38. The minimum Gasteiger partial charge on any atom is -0.396 e. The van der Waals surface area contributed by atoms with Gasteiger partial charge in [-0.15, -0.1) is 0 Å². The van der Waals surface area contributed by atoms with Crippen LogP contribution in [0, 0.1) is 0 Å². The van der Waals surface area contributed by atoms with Crippen LogP contribution in [0.5, 0.6) is 0 Å². The molecule has 1 unspecified atom stereocenters. The second-order valence-corrected chi connectivity index (χ2v) is 3.95. The predicted octanol–water partition coefficient (Wildman–Crippen LogP) is 0.874. The predicted molar refractivity (Wildman–Crippen MR) is 59.3 cm³/mol. The molecule has 0 aliphatic carbocycles. The molecule has 2 rings (SSSR count). The highest BCUT2D eigenvalue weighted by molar-refractivity contribution is 9.10. The largest absolute Gasteiger partial charge is 0.396 e. The van der Waals surface area contributed by atoms with Crippen LogP contribution in [0.3, 0.4) is 0 Å². The van der Waals surface area contributed by atoms with Crippen LogP contribution < -0.4 is 5.73 Å². The SMILES string of the molecule is NC(CCO)c1c(Br)nc2ncccn12. The Morgan fingerprint density at radius 3 is 3.13 bits per heavy atom. The summed E-state index contributed by atoms with van der Waals surface area (Å²) in [6.07, 6.45) is 4.03. The maximum Gasteiger partial charge on any atom is 0.235 e. The Bertz CT molecular complexity index is 470. The summed E-state index contributed by atoms with van der Waals surface area (Å²) in [6, 6.07) is 1.57. The van der Waals surface area contributed by atoms with Gasteiger partial charge in [0.1, 0.15) is 4.60 Å². The number of rotatable bonds is 3. The van der Waals surface area contributed by atoms with Crippen LogP contribution in [0.15, 0.2) is 23.1 Å². The van der Waals surface area contributed by atoms with Crippen molar-refractivity contribution in [2.24, 2.45) is 5.73 Å². The van der Waals surface area contributed by atoms with Gasteiger partial charge in [-0.3, -0.25) is 4.40 Å². The Kier molecular flexibility index (Phi) is 2.99. The fourth-order valence-corrected chi connectivity index (χ4v) is 2.13. The minimum atomic E-state index is -0.247. The first-order chi connectivity index (χ1) is 7.24. The molecule has 0 bridgehead atoms. The Labute approximate surface area is 95.1 Å². The highest BCUT2D eigenvalue weighted by Gasteiger charge is 2.16. The molecule has 0 aliphatic heterocycles. The van der Waals surface area contributed by atoms with Crippen molar-refractivity contribution < 1.29 is 5.11 Å². The van der Waals surface area contributed by atoms with E-state index in [4.69, 9.17) is 10.8 Å². The number of aromatic nitrogens is 3. The van der Waals surface area contributed by atoms with Crippen LogP contribution in [0.2, 0.25) is 0 Å². The highest BCUT2D eigenvalue weighted by atomic mass is 79.9. The van der Waals surface area contributed by atoms with E-state index in [1.54, 1.807) is 6.20 Å². The number of nitrogens with two attached hydrogens (primary N) is 1. The lowest BCUT2D eigenvalue weighted by Crippen LogP contribution is -2.14. The van der Waals surface area contributed by atoms with Crippen molar-refractivity contribution in [2.45, 2.75) is 12.5 Å². The molecule has 3 N–H and O–H groups in total. The number of fused-ring (bicyclic) bond motifs is 1. The van der Waals surface area contributed by atoms with E-state index in [9.17, 15) is 0 Å². The molecule has 2 aromatic rings. The van der Waals surface area contributed by atoms with Gasteiger partial charge in [0.05, 0.1) is 11.7 Å². The van der Waals surface area contributed by atoms with Gasteiger partial charge in [0.2, 0.25) is 5.78 Å². The number of imidazole rings is 1. The van der Waals surface area contributed by atoms with Crippen molar-refractivity contribution in [2.75, 3.05) is 6.61 Å². The van der Waals surface area contributed by atoms with Crippen LogP contribution in [0.4, 0.5) is 0 Å². The number of aliphatic hydroxyl groups is 1. The summed E-state index contributed by atoms with van der Waals surface area (Å²) in [5.74, 6) is 0.604. The van der Waals surface area contributed by atoms with Gasteiger partial charge in [-0.1, -0.05) is 0 Å². The van der Waals surface area contributed by atoms with E-state index in [1.807, 2.05) is 16.7 Å². The molecule has 15 heavy (non-hydrogen) atoms. The summed E-state index contributed by atoms with van der Waals surface area (Å²) >= 11 is 3.35. The molecule has 6 heteroatoms. The minimum absolute atomic E-state index is 0.0566. The van der Waals surface area contributed by atoms with Crippen LogP contribution in [0.25, 0.3) is 5.78 Å². The van der Waals surface area contributed by atoms with Crippen LogP contribution in [-0.2, 0) is 0 Å². The lowest BCUT2D eigenvalue weighted by atomic mass is 10.2. The molecule has 0 aromatic carbocycles. The Hall–Kier alpha value is -0.980. The topological polar surface area (TPSA) is 76.4 Å². The molecule has 0 saturated heterocycles. The molecule has 2 heterocycles. The van der Waals surface area contributed by atoms with Gasteiger partial charge in [0.15, 0.2) is 0 Å². The van der Waals surface area contributed by atoms with Crippen LogP contribution >= 0.6 is 15.9 Å². The van der Waals surface area contributed by atoms with Gasteiger partial charge in [-0.05, 0) is 28.4 Å². The standard InChI is InChI=1S/C9H11BrN4O/c10-8-7(6(11)2-5-15)14-4-1-3-12-9(14)13-8/h1,3-4,6,15H,2,5,11H2. The second kappa shape index (κ2) is 4.26. The third-order valence-corrected chi connectivity index (χ3v) is 2.77. The fraction of sp³-hybridized carbons (Fsp3) is 0.333. The third kappa shape index (κ3) is 1.88. The molecule has 1 atom stereocenters. The lowest BCUT2D eigenvalue weighted by molar-refractivity contribution is 0.275. The van der Waals surface area contributed by atoms with Crippen molar-refractivity contribution in [1.82, 2.24) is 14.4 Å². The third-order valence-electron chi connectivity index (χ3n) is 2.19. The quantitative estimate of drug-likeness (QED) is 0.868. The summed E-state index contributed by atoms with van der Waals surface area (Å²) < 4.78 is 2.51. The Morgan fingerprint density at radius 1 is 1.60 bits per heavy atom. The maximum absolute atomic E-state index is 8.86. The first-order valence-electron chi connectivity index (χ1n) is 4.59. The van der Waals surface area contributed by atoms with Crippen molar-refractivity contribution in [3.8, 4) is 0 Å². The second-order valence-electron chi connectivity index (χ2n) is 3.20. The maximum atomic E-state index is 8.86. The molecule has 0 saturated carbocycles. The van der Waals surface area contributed by atoms with Crippen molar-refractivity contribution in [1.29, 1.82) is 0 Å². The number of halogens is 1. The molecular weight excluding hydrogens is 260 g/mol. The molecular formula is C9H11BrN4O. The van der Waals surface area contributed by atoms with E-state index in [-0.39, 0.29) is 12.6 Å². The fourth-order valence-electron chi connectivity index (χ4n) is 1.49. The molecule has 0 spiro atoms.